The Balaban J connectivity index is 2.63. The molecule has 5 heteroatoms. The SMILES string of the molecule is CCNC(=O)C(C)NC(=O)C1(C#N)CCCCC1. The zero-order valence-electron chi connectivity index (χ0n) is 11.1. The summed E-state index contributed by atoms with van der Waals surface area (Å²) < 4.78 is 0. The Kier molecular flexibility index (Phi) is 5.14. The number of carbonyl (C=O) groups excluding carboxylic acids is 2. The van der Waals surface area contributed by atoms with Crippen molar-refractivity contribution in [3.05, 3.63) is 0 Å². The molecular weight excluding hydrogens is 230 g/mol. The van der Waals surface area contributed by atoms with Crippen molar-refractivity contribution in [1.29, 1.82) is 5.26 Å². The van der Waals surface area contributed by atoms with Crippen molar-refractivity contribution in [3.8, 4) is 6.07 Å². The molecule has 1 saturated carbocycles. The Hall–Kier alpha value is -1.57. The maximum atomic E-state index is 12.2. The molecule has 0 spiro atoms. The van der Waals surface area contributed by atoms with E-state index in [1.165, 1.54) is 0 Å². The summed E-state index contributed by atoms with van der Waals surface area (Å²) in [7, 11) is 0. The van der Waals surface area contributed by atoms with Gasteiger partial charge in [0, 0.05) is 6.54 Å². The van der Waals surface area contributed by atoms with E-state index in [4.69, 9.17) is 0 Å². The molecule has 0 saturated heterocycles. The van der Waals surface area contributed by atoms with Crippen molar-refractivity contribution < 1.29 is 9.59 Å². The maximum Gasteiger partial charge on any atom is 0.242 e. The maximum absolute atomic E-state index is 12.2. The first kappa shape index (κ1) is 14.5. The van der Waals surface area contributed by atoms with Crippen LogP contribution in [0.3, 0.4) is 0 Å². The molecule has 1 atom stereocenters. The fourth-order valence-electron chi connectivity index (χ4n) is 2.27. The lowest BCUT2D eigenvalue weighted by molar-refractivity contribution is -0.133. The van der Waals surface area contributed by atoms with E-state index in [1.807, 2.05) is 6.92 Å². The number of hydrogen-bond acceptors (Lipinski definition) is 3. The van der Waals surface area contributed by atoms with Gasteiger partial charge in [-0.2, -0.15) is 5.26 Å². The third-order valence-corrected chi connectivity index (χ3v) is 3.45. The predicted octanol–water partition coefficient (Wildman–Crippen LogP) is 1.10. The largest absolute Gasteiger partial charge is 0.355 e. The van der Waals surface area contributed by atoms with Crippen LogP contribution in [-0.4, -0.2) is 24.4 Å². The normalized spacial score (nSPS) is 19.4. The number of carbonyl (C=O) groups is 2. The summed E-state index contributed by atoms with van der Waals surface area (Å²) in [5.74, 6) is -0.516. The van der Waals surface area contributed by atoms with Crippen LogP contribution >= 0.6 is 0 Å². The first-order valence-corrected chi connectivity index (χ1v) is 6.55. The van der Waals surface area contributed by atoms with Crippen molar-refractivity contribution >= 4 is 11.8 Å². The smallest absolute Gasteiger partial charge is 0.242 e. The molecule has 5 nitrogen and oxygen atoms in total. The van der Waals surface area contributed by atoms with Crippen LogP contribution in [0.1, 0.15) is 46.0 Å². The lowest BCUT2D eigenvalue weighted by atomic mass is 9.74. The average molecular weight is 251 g/mol. The van der Waals surface area contributed by atoms with Crippen molar-refractivity contribution in [2.24, 2.45) is 5.41 Å². The predicted molar refractivity (Wildman–Crippen MR) is 67.4 cm³/mol. The van der Waals surface area contributed by atoms with E-state index < -0.39 is 11.5 Å². The highest BCUT2D eigenvalue weighted by Gasteiger charge is 2.40. The molecule has 100 valence electrons. The summed E-state index contributed by atoms with van der Waals surface area (Å²) in [6.07, 6.45) is 4.06. The number of nitriles is 1. The van der Waals surface area contributed by atoms with E-state index in [-0.39, 0.29) is 11.8 Å². The zero-order valence-corrected chi connectivity index (χ0v) is 11.1. The Labute approximate surface area is 108 Å². The minimum Gasteiger partial charge on any atom is -0.355 e. The van der Waals surface area contributed by atoms with Gasteiger partial charge < -0.3 is 10.6 Å². The van der Waals surface area contributed by atoms with E-state index >= 15 is 0 Å². The molecule has 1 aliphatic carbocycles. The third-order valence-electron chi connectivity index (χ3n) is 3.45. The minimum atomic E-state index is -0.932. The Bertz CT molecular complexity index is 354. The van der Waals surface area contributed by atoms with Gasteiger partial charge >= 0.3 is 0 Å². The Morgan fingerprint density at radius 2 is 1.94 bits per heavy atom. The second kappa shape index (κ2) is 6.39. The van der Waals surface area contributed by atoms with Crippen LogP contribution in [-0.2, 0) is 9.59 Å². The standard InChI is InChI=1S/C13H21N3O2/c1-3-15-11(17)10(2)16-12(18)13(9-14)7-5-4-6-8-13/h10H,3-8H2,1-2H3,(H,15,17)(H,16,18). The van der Waals surface area contributed by atoms with Crippen molar-refractivity contribution in [2.45, 2.75) is 52.0 Å². The number of hydrogen-bond donors (Lipinski definition) is 2. The van der Waals surface area contributed by atoms with Gasteiger partial charge in [-0.1, -0.05) is 19.3 Å². The van der Waals surface area contributed by atoms with Crippen LogP contribution < -0.4 is 10.6 Å². The van der Waals surface area contributed by atoms with Gasteiger partial charge in [0.1, 0.15) is 11.5 Å². The molecule has 0 radical (unpaired) electrons. The highest BCUT2D eigenvalue weighted by Crippen LogP contribution is 2.35. The van der Waals surface area contributed by atoms with E-state index in [0.717, 1.165) is 19.3 Å². The number of rotatable bonds is 4. The fraction of sp³-hybridized carbons (Fsp3) is 0.769. The van der Waals surface area contributed by atoms with Gasteiger partial charge in [-0.15, -0.1) is 0 Å². The molecular formula is C13H21N3O2. The van der Waals surface area contributed by atoms with E-state index in [2.05, 4.69) is 16.7 Å². The van der Waals surface area contributed by atoms with Crippen molar-refractivity contribution in [3.63, 3.8) is 0 Å². The minimum absolute atomic E-state index is 0.213. The molecule has 0 aromatic rings. The summed E-state index contributed by atoms with van der Waals surface area (Å²) in [6, 6.07) is 1.56. The molecule has 2 N–H and O–H groups in total. The number of nitrogens with zero attached hydrogens (tertiary/aromatic N) is 1. The Morgan fingerprint density at radius 1 is 1.33 bits per heavy atom. The van der Waals surface area contributed by atoms with Crippen LogP contribution in [0.2, 0.25) is 0 Å². The lowest BCUT2D eigenvalue weighted by Gasteiger charge is -2.30. The molecule has 0 aromatic heterocycles. The molecule has 18 heavy (non-hydrogen) atoms. The molecule has 0 bridgehead atoms. The van der Waals surface area contributed by atoms with Crippen LogP contribution in [0.25, 0.3) is 0 Å². The summed E-state index contributed by atoms with van der Waals surface area (Å²) in [4.78, 5) is 23.7. The second-order valence-corrected chi connectivity index (χ2v) is 4.84. The molecule has 1 unspecified atom stereocenters. The van der Waals surface area contributed by atoms with Gasteiger partial charge in [-0.3, -0.25) is 9.59 Å². The summed E-state index contributed by atoms with van der Waals surface area (Å²) >= 11 is 0. The summed E-state index contributed by atoms with van der Waals surface area (Å²) in [6.45, 7) is 3.99. The van der Waals surface area contributed by atoms with Crippen LogP contribution in [0.15, 0.2) is 0 Å². The number of nitrogens with one attached hydrogen (secondary N) is 2. The van der Waals surface area contributed by atoms with Crippen molar-refractivity contribution in [2.75, 3.05) is 6.54 Å². The molecule has 2 amide bonds. The molecule has 1 fully saturated rings. The quantitative estimate of drug-likeness (QED) is 0.785. The van der Waals surface area contributed by atoms with Gasteiger partial charge in [0.15, 0.2) is 0 Å². The highest BCUT2D eigenvalue weighted by atomic mass is 16.2. The number of likely N-dealkylation sites (N-methyl/N-ethyl adjacent to an activating group) is 1. The van der Waals surface area contributed by atoms with E-state index in [1.54, 1.807) is 6.92 Å². The molecule has 0 aliphatic heterocycles. The highest BCUT2D eigenvalue weighted by molar-refractivity contribution is 5.91. The van der Waals surface area contributed by atoms with Crippen LogP contribution in [0.5, 0.6) is 0 Å². The van der Waals surface area contributed by atoms with E-state index in [9.17, 15) is 14.9 Å². The van der Waals surface area contributed by atoms with Gasteiger partial charge in [-0.05, 0) is 26.7 Å². The third kappa shape index (κ3) is 3.22. The second-order valence-electron chi connectivity index (χ2n) is 4.84. The topological polar surface area (TPSA) is 82.0 Å². The van der Waals surface area contributed by atoms with Gasteiger partial charge in [0.05, 0.1) is 6.07 Å². The van der Waals surface area contributed by atoms with Gasteiger partial charge in [0.25, 0.3) is 0 Å². The Morgan fingerprint density at radius 3 is 2.44 bits per heavy atom. The first-order chi connectivity index (χ1) is 8.55. The lowest BCUT2D eigenvalue weighted by Crippen LogP contribution is -2.50. The summed E-state index contributed by atoms with van der Waals surface area (Å²) in [5, 5.41) is 14.6. The first-order valence-electron chi connectivity index (χ1n) is 6.55. The van der Waals surface area contributed by atoms with E-state index in [0.29, 0.717) is 19.4 Å². The van der Waals surface area contributed by atoms with Crippen molar-refractivity contribution in [1.82, 2.24) is 10.6 Å². The number of amides is 2. The average Bonchev–Trinajstić information content (AvgIpc) is 2.39. The summed E-state index contributed by atoms with van der Waals surface area (Å²) in [5.41, 5.74) is -0.932. The van der Waals surface area contributed by atoms with Gasteiger partial charge in [0.2, 0.25) is 11.8 Å². The van der Waals surface area contributed by atoms with Crippen LogP contribution in [0.4, 0.5) is 0 Å². The fourth-order valence-corrected chi connectivity index (χ4v) is 2.27. The molecule has 1 rings (SSSR count). The molecule has 0 aromatic carbocycles. The van der Waals surface area contributed by atoms with Gasteiger partial charge in [-0.25, -0.2) is 0 Å². The molecule has 1 aliphatic rings. The molecule has 0 heterocycles. The zero-order chi connectivity index (χ0) is 13.6. The monoisotopic (exact) mass is 251 g/mol. The van der Waals surface area contributed by atoms with Crippen LogP contribution in [0, 0.1) is 16.7 Å².